The topological polar surface area (TPSA) is 48.9 Å². The van der Waals surface area contributed by atoms with E-state index in [0.29, 0.717) is 22.2 Å². The highest BCUT2D eigenvalue weighted by molar-refractivity contribution is 6.35. The number of aromatic nitrogens is 2. The van der Waals surface area contributed by atoms with Crippen LogP contribution in [-0.2, 0) is 0 Å². The van der Waals surface area contributed by atoms with Gasteiger partial charge in [-0.1, -0.05) is 29.1 Å². The highest BCUT2D eigenvalue weighted by Gasteiger charge is 2.05. The number of hydrogen-bond acceptors (Lipinski definition) is 2. The van der Waals surface area contributed by atoms with Crippen molar-refractivity contribution in [1.82, 2.24) is 10.2 Å². The number of aromatic amines is 1. The molecule has 5 heteroatoms. The van der Waals surface area contributed by atoms with Gasteiger partial charge < -0.3 is 5.11 Å². The second-order valence-electron chi connectivity index (χ2n) is 3.60. The third-order valence-electron chi connectivity index (χ3n) is 2.20. The zero-order chi connectivity index (χ0) is 13.0. The summed E-state index contributed by atoms with van der Waals surface area (Å²) in [6.07, 6.45) is 0.442. The van der Waals surface area contributed by atoms with Crippen LogP contribution in [0.25, 0.3) is 11.3 Å². The Hall–Kier alpha value is -1.47. The smallest absolute Gasteiger partial charge is 0.108 e. The fourth-order valence-corrected chi connectivity index (χ4v) is 1.98. The van der Waals surface area contributed by atoms with Crippen molar-refractivity contribution >= 4 is 23.2 Å². The molecule has 0 saturated carbocycles. The van der Waals surface area contributed by atoms with E-state index in [1.165, 1.54) is 0 Å². The van der Waals surface area contributed by atoms with Crippen LogP contribution in [0.3, 0.4) is 0 Å². The lowest BCUT2D eigenvalue weighted by Crippen LogP contribution is -1.78. The summed E-state index contributed by atoms with van der Waals surface area (Å²) in [6, 6.07) is 7.05. The van der Waals surface area contributed by atoms with Gasteiger partial charge in [0.05, 0.1) is 12.3 Å². The first kappa shape index (κ1) is 13.0. The van der Waals surface area contributed by atoms with Gasteiger partial charge in [-0.25, -0.2) is 0 Å². The molecule has 0 aliphatic heterocycles. The van der Waals surface area contributed by atoms with Crippen molar-refractivity contribution in [3.8, 4) is 23.1 Å². The van der Waals surface area contributed by atoms with Crippen LogP contribution in [0.1, 0.15) is 12.1 Å². The summed E-state index contributed by atoms with van der Waals surface area (Å²) in [7, 11) is 0. The van der Waals surface area contributed by atoms with Crippen LogP contribution in [0.5, 0.6) is 0 Å². The summed E-state index contributed by atoms with van der Waals surface area (Å²) >= 11 is 11.9. The molecule has 0 radical (unpaired) electrons. The number of H-pyrrole nitrogens is 1. The predicted molar refractivity (Wildman–Crippen MR) is 72.6 cm³/mol. The number of benzene rings is 1. The Morgan fingerprint density at radius 1 is 1.17 bits per heavy atom. The normalized spacial score (nSPS) is 9.94. The van der Waals surface area contributed by atoms with Crippen molar-refractivity contribution in [3.63, 3.8) is 0 Å². The maximum atomic E-state index is 8.63. The summed E-state index contributed by atoms with van der Waals surface area (Å²) in [5.41, 5.74) is 2.25. The Kier molecular flexibility index (Phi) is 4.27. The van der Waals surface area contributed by atoms with Crippen LogP contribution >= 0.6 is 23.2 Å². The average Bonchev–Trinajstić information content (AvgIpc) is 2.77. The van der Waals surface area contributed by atoms with E-state index < -0.39 is 0 Å². The van der Waals surface area contributed by atoms with Gasteiger partial charge in [-0.3, -0.25) is 5.10 Å². The summed E-state index contributed by atoms with van der Waals surface area (Å²) in [4.78, 5) is 0. The standard InChI is InChI=1S/C13H10Cl2N2O/c14-10-5-9(6-11(15)7-10)13-8-12(16-17-13)3-1-2-4-18/h5-8,18H,2,4H2,(H,16,17). The highest BCUT2D eigenvalue weighted by atomic mass is 35.5. The first-order valence-corrected chi connectivity index (χ1v) is 6.06. The summed E-state index contributed by atoms with van der Waals surface area (Å²) < 4.78 is 0. The van der Waals surface area contributed by atoms with Gasteiger partial charge in [-0.2, -0.15) is 5.10 Å². The molecule has 1 heterocycles. The maximum Gasteiger partial charge on any atom is 0.108 e. The number of hydrogen-bond donors (Lipinski definition) is 2. The minimum absolute atomic E-state index is 0.0535. The fraction of sp³-hybridized carbons (Fsp3) is 0.154. The monoisotopic (exact) mass is 280 g/mol. The van der Waals surface area contributed by atoms with Gasteiger partial charge in [0.1, 0.15) is 5.69 Å². The minimum Gasteiger partial charge on any atom is -0.395 e. The number of nitrogens with one attached hydrogen (secondary N) is 1. The molecule has 0 fully saturated rings. The molecule has 18 heavy (non-hydrogen) atoms. The molecule has 0 bridgehead atoms. The molecular formula is C13H10Cl2N2O. The molecular weight excluding hydrogens is 271 g/mol. The van der Waals surface area contributed by atoms with Gasteiger partial charge in [0.2, 0.25) is 0 Å². The van der Waals surface area contributed by atoms with E-state index in [-0.39, 0.29) is 6.61 Å². The molecule has 2 N–H and O–H groups in total. The number of aliphatic hydroxyl groups is 1. The first-order chi connectivity index (χ1) is 8.69. The zero-order valence-corrected chi connectivity index (χ0v) is 10.9. The van der Waals surface area contributed by atoms with Crippen LogP contribution < -0.4 is 0 Å². The van der Waals surface area contributed by atoms with Gasteiger partial charge in [0.25, 0.3) is 0 Å². The third kappa shape index (κ3) is 3.27. The van der Waals surface area contributed by atoms with E-state index in [1.54, 1.807) is 18.2 Å². The van der Waals surface area contributed by atoms with Crippen molar-refractivity contribution in [2.45, 2.75) is 6.42 Å². The van der Waals surface area contributed by atoms with Crippen molar-refractivity contribution < 1.29 is 5.11 Å². The van der Waals surface area contributed by atoms with Crippen molar-refractivity contribution in [2.24, 2.45) is 0 Å². The van der Waals surface area contributed by atoms with Gasteiger partial charge in [-0.15, -0.1) is 0 Å². The Morgan fingerprint density at radius 2 is 1.89 bits per heavy atom. The second-order valence-corrected chi connectivity index (χ2v) is 4.47. The predicted octanol–water partition coefficient (Wildman–Crippen LogP) is 3.12. The van der Waals surface area contributed by atoms with E-state index in [9.17, 15) is 0 Å². The summed E-state index contributed by atoms with van der Waals surface area (Å²) in [5, 5.41) is 16.7. The molecule has 0 aliphatic rings. The molecule has 2 aromatic rings. The Morgan fingerprint density at radius 3 is 2.56 bits per heavy atom. The maximum absolute atomic E-state index is 8.63. The van der Waals surface area contributed by atoms with Crippen molar-refractivity contribution in [3.05, 3.63) is 40.0 Å². The van der Waals surface area contributed by atoms with Gasteiger partial charge >= 0.3 is 0 Å². The van der Waals surface area contributed by atoms with Crippen LogP contribution in [-0.4, -0.2) is 21.9 Å². The lowest BCUT2D eigenvalue weighted by Gasteiger charge is -1.98. The molecule has 0 spiro atoms. The molecule has 0 aliphatic carbocycles. The van der Waals surface area contributed by atoms with E-state index in [4.69, 9.17) is 28.3 Å². The number of halogens is 2. The Labute approximate surface area is 115 Å². The lowest BCUT2D eigenvalue weighted by atomic mass is 10.1. The van der Waals surface area contributed by atoms with Crippen LogP contribution in [0.4, 0.5) is 0 Å². The molecule has 0 saturated heterocycles. The summed E-state index contributed by atoms with van der Waals surface area (Å²) in [6.45, 7) is 0.0535. The lowest BCUT2D eigenvalue weighted by molar-refractivity contribution is 0.305. The van der Waals surface area contributed by atoms with Crippen molar-refractivity contribution in [1.29, 1.82) is 0 Å². The van der Waals surface area contributed by atoms with E-state index in [2.05, 4.69) is 22.0 Å². The third-order valence-corrected chi connectivity index (χ3v) is 2.63. The molecule has 0 amide bonds. The molecule has 92 valence electrons. The molecule has 1 aromatic carbocycles. The van der Waals surface area contributed by atoms with Crippen LogP contribution in [0, 0.1) is 11.8 Å². The second kappa shape index (κ2) is 5.92. The van der Waals surface area contributed by atoms with E-state index >= 15 is 0 Å². The van der Waals surface area contributed by atoms with E-state index in [0.717, 1.165) is 11.3 Å². The number of aliphatic hydroxyl groups excluding tert-OH is 1. The largest absolute Gasteiger partial charge is 0.395 e. The average molecular weight is 281 g/mol. The molecule has 2 rings (SSSR count). The summed E-state index contributed by atoms with van der Waals surface area (Å²) in [5.74, 6) is 5.69. The van der Waals surface area contributed by atoms with Gasteiger partial charge in [0.15, 0.2) is 0 Å². The Bertz CT molecular complexity index is 591. The fourth-order valence-electron chi connectivity index (χ4n) is 1.45. The number of rotatable bonds is 2. The Balaban J connectivity index is 2.27. The van der Waals surface area contributed by atoms with Gasteiger partial charge in [-0.05, 0) is 30.2 Å². The molecule has 1 aromatic heterocycles. The van der Waals surface area contributed by atoms with E-state index in [1.807, 2.05) is 6.07 Å². The molecule has 0 atom stereocenters. The minimum atomic E-state index is 0.0535. The molecule has 3 nitrogen and oxygen atoms in total. The van der Waals surface area contributed by atoms with Crippen LogP contribution in [0.15, 0.2) is 24.3 Å². The zero-order valence-electron chi connectivity index (χ0n) is 9.37. The van der Waals surface area contributed by atoms with Crippen molar-refractivity contribution in [2.75, 3.05) is 6.61 Å². The molecule has 0 unspecified atom stereocenters. The SMILES string of the molecule is OCCC#Cc1cc(-c2cc(Cl)cc(Cl)c2)n[nH]1. The quantitative estimate of drug-likeness (QED) is 0.831. The first-order valence-electron chi connectivity index (χ1n) is 5.30. The van der Waals surface area contributed by atoms with Gasteiger partial charge in [0, 0.05) is 22.0 Å². The highest BCUT2D eigenvalue weighted by Crippen LogP contribution is 2.26. The number of nitrogens with zero attached hydrogens (tertiary/aromatic N) is 1. The van der Waals surface area contributed by atoms with Crippen LogP contribution in [0.2, 0.25) is 10.0 Å².